The van der Waals surface area contributed by atoms with Crippen molar-refractivity contribution in [3.8, 4) is 0 Å². The molecule has 3 nitrogen and oxygen atoms in total. The first-order valence-corrected chi connectivity index (χ1v) is 4.91. The summed E-state index contributed by atoms with van der Waals surface area (Å²) in [6.07, 6.45) is 1.03. The van der Waals surface area contributed by atoms with Gasteiger partial charge in [-0.25, -0.2) is 0 Å². The topological polar surface area (TPSA) is 24.5 Å². The van der Waals surface area contributed by atoms with E-state index in [1.807, 2.05) is 0 Å². The van der Waals surface area contributed by atoms with Gasteiger partial charge in [0.25, 0.3) is 0 Å². The number of hydrogen-bond donors (Lipinski definition) is 1. The van der Waals surface area contributed by atoms with Crippen molar-refractivity contribution in [3.05, 3.63) is 0 Å². The predicted molar refractivity (Wildman–Crippen MR) is 54.7 cm³/mol. The average molecular weight is 186 g/mol. The molecule has 78 valence electrons. The van der Waals surface area contributed by atoms with Gasteiger partial charge >= 0.3 is 0 Å². The lowest BCUT2D eigenvalue weighted by Gasteiger charge is -2.27. The molecule has 1 aliphatic heterocycles. The van der Waals surface area contributed by atoms with Gasteiger partial charge in [0, 0.05) is 18.5 Å². The SMILES string of the molecule is CN(C)CCC1(C)NC(C)(C)CO1. The first kappa shape index (κ1) is 11.0. The van der Waals surface area contributed by atoms with Gasteiger partial charge in [-0.05, 0) is 34.9 Å². The summed E-state index contributed by atoms with van der Waals surface area (Å²) in [6, 6.07) is 0. The van der Waals surface area contributed by atoms with Crippen molar-refractivity contribution in [3.63, 3.8) is 0 Å². The van der Waals surface area contributed by atoms with E-state index in [4.69, 9.17) is 4.74 Å². The Bertz CT molecular complexity index is 180. The summed E-state index contributed by atoms with van der Waals surface area (Å²) in [7, 11) is 4.17. The zero-order valence-corrected chi connectivity index (χ0v) is 9.48. The molecule has 0 saturated carbocycles. The predicted octanol–water partition coefficient (Wildman–Crippen LogP) is 1.05. The van der Waals surface area contributed by atoms with Gasteiger partial charge in [-0.3, -0.25) is 5.32 Å². The molecule has 1 heterocycles. The van der Waals surface area contributed by atoms with Gasteiger partial charge in [-0.15, -0.1) is 0 Å². The largest absolute Gasteiger partial charge is 0.359 e. The van der Waals surface area contributed by atoms with Crippen molar-refractivity contribution in [1.29, 1.82) is 0 Å². The Morgan fingerprint density at radius 1 is 1.31 bits per heavy atom. The average Bonchev–Trinajstić information content (AvgIpc) is 2.23. The fraction of sp³-hybridized carbons (Fsp3) is 1.00. The molecule has 1 saturated heterocycles. The van der Waals surface area contributed by atoms with Crippen molar-refractivity contribution in [2.24, 2.45) is 0 Å². The quantitative estimate of drug-likeness (QED) is 0.713. The molecule has 0 bridgehead atoms. The van der Waals surface area contributed by atoms with Crippen LogP contribution in [0.15, 0.2) is 0 Å². The van der Waals surface area contributed by atoms with E-state index in [9.17, 15) is 0 Å². The lowest BCUT2D eigenvalue weighted by Crippen LogP contribution is -2.47. The normalized spacial score (nSPS) is 32.8. The summed E-state index contributed by atoms with van der Waals surface area (Å²) < 4.78 is 5.77. The minimum atomic E-state index is -0.131. The molecule has 3 heteroatoms. The highest BCUT2D eigenvalue weighted by Gasteiger charge is 2.39. The van der Waals surface area contributed by atoms with Crippen LogP contribution in [-0.4, -0.2) is 43.4 Å². The summed E-state index contributed by atoms with van der Waals surface area (Å²) in [4.78, 5) is 2.18. The molecular weight excluding hydrogens is 164 g/mol. The summed E-state index contributed by atoms with van der Waals surface area (Å²) in [5, 5.41) is 3.51. The highest BCUT2D eigenvalue weighted by atomic mass is 16.5. The number of nitrogens with one attached hydrogen (secondary N) is 1. The lowest BCUT2D eigenvalue weighted by atomic mass is 10.1. The maximum atomic E-state index is 5.77. The zero-order chi connectivity index (χ0) is 10.1. The molecule has 0 aromatic carbocycles. The Hall–Kier alpha value is -0.120. The van der Waals surface area contributed by atoms with E-state index in [0.29, 0.717) is 0 Å². The van der Waals surface area contributed by atoms with Crippen molar-refractivity contribution in [2.45, 2.75) is 38.5 Å². The van der Waals surface area contributed by atoms with E-state index in [2.05, 4.69) is 45.1 Å². The van der Waals surface area contributed by atoms with Gasteiger partial charge in [-0.2, -0.15) is 0 Å². The first-order valence-electron chi connectivity index (χ1n) is 4.91. The molecule has 1 unspecified atom stereocenters. The van der Waals surface area contributed by atoms with E-state index >= 15 is 0 Å². The number of hydrogen-bond acceptors (Lipinski definition) is 3. The maximum absolute atomic E-state index is 5.77. The fourth-order valence-electron chi connectivity index (χ4n) is 1.70. The van der Waals surface area contributed by atoms with Crippen molar-refractivity contribution < 1.29 is 4.74 Å². The molecule has 1 atom stereocenters. The van der Waals surface area contributed by atoms with Crippen LogP contribution in [0.2, 0.25) is 0 Å². The second-order valence-corrected chi connectivity index (χ2v) is 5.08. The van der Waals surface area contributed by atoms with Crippen LogP contribution in [0.3, 0.4) is 0 Å². The van der Waals surface area contributed by atoms with E-state index in [1.165, 1.54) is 0 Å². The second kappa shape index (κ2) is 3.56. The van der Waals surface area contributed by atoms with Crippen LogP contribution < -0.4 is 5.32 Å². The zero-order valence-electron chi connectivity index (χ0n) is 9.48. The van der Waals surface area contributed by atoms with Crippen molar-refractivity contribution in [1.82, 2.24) is 10.2 Å². The highest BCUT2D eigenvalue weighted by molar-refractivity contribution is 4.92. The van der Waals surface area contributed by atoms with Gasteiger partial charge < -0.3 is 9.64 Å². The van der Waals surface area contributed by atoms with E-state index in [1.54, 1.807) is 0 Å². The number of rotatable bonds is 3. The first-order chi connectivity index (χ1) is 5.83. The molecular formula is C10H22N2O. The Kier molecular flexibility index (Phi) is 3.00. The minimum absolute atomic E-state index is 0.126. The van der Waals surface area contributed by atoms with E-state index in [0.717, 1.165) is 19.6 Å². The molecule has 1 aliphatic rings. The van der Waals surface area contributed by atoms with Gasteiger partial charge in [0.2, 0.25) is 0 Å². The molecule has 0 spiro atoms. The molecule has 1 N–H and O–H groups in total. The molecule has 13 heavy (non-hydrogen) atoms. The van der Waals surface area contributed by atoms with Crippen molar-refractivity contribution >= 4 is 0 Å². The summed E-state index contributed by atoms with van der Waals surface area (Å²) in [5.74, 6) is 0. The van der Waals surface area contributed by atoms with Crippen LogP contribution in [0.1, 0.15) is 27.2 Å². The highest BCUT2D eigenvalue weighted by Crippen LogP contribution is 2.25. The third kappa shape index (κ3) is 3.25. The molecule has 0 aliphatic carbocycles. The van der Waals surface area contributed by atoms with Crippen LogP contribution in [0.5, 0.6) is 0 Å². The summed E-state index contributed by atoms with van der Waals surface area (Å²) >= 11 is 0. The van der Waals surface area contributed by atoms with Gasteiger partial charge in [0.15, 0.2) is 0 Å². The van der Waals surface area contributed by atoms with E-state index in [-0.39, 0.29) is 11.3 Å². The Balaban J connectivity index is 2.41. The Morgan fingerprint density at radius 2 is 1.92 bits per heavy atom. The van der Waals surface area contributed by atoms with Crippen LogP contribution in [-0.2, 0) is 4.74 Å². The van der Waals surface area contributed by atoms with E-state index < -0.39 is 0 Å². The molecule has 0 aromatic heterocycles. The molecule has 0 radical (unpaired) electrons. The van der Waals surface area contributed by atoms with Gasteiger partial charge in [-0.1, -0.05) is 0 Å². The maximum Gasteiger partial charge on any atom is 0.118 e. The summed E-state index contributed by atoms with van der Waals surface area (Å²) in [6.45, 7) is 8.34. The monoisotopic (exact) mass is 186 g/mol. The standard InChI is InChI=1S/C10H22N2O/c1-9(2)8-13-10(3,11-9)6-7-12(4)5/h11H,6-8H2,1-5H3. The number of nitrogens with zero attached hydrogens (tertiary/aromatic N) is 1. The minimum Gasteiger partial charge on any atom is -0.359 e. The Labute approximate surface area is 81.4 Å². The molecule has 1 fully saturated rings. The van der Waals surface area contributed by atoms with Crippen LogP contribution in [0.4, 0.5) is 0 Å². The van der Waals surface area contributed by atoms with Gasteiger partial charge in [0.05, 0.1) is 6.61 Å². The van der Waals surface area contributed by atoms with Crippen LogP contribution >= 0.6 is 0 Å². The fourth-order valence-corrected chi connectivity index (χ4v) is 1.70. The number of ether oxygens (including phenoxy) is 1. The lowest BCUT2D eigenvalue weighted by molar-refractivity contribution is -0.00524. The Morgan fingerprint density at radius 3 is 2.31 bits per heavy atom. The molecule has 1 rings (SSSR count). The molecule has 0 amide bonds. The third-order valence-electron chi connectivity index (χ3n) is 2.39. The van der Waals surface area contributed by atoms with Crippen molar-refractivity contribution in [2.75, 3.05) is 27.2 Å². The van der Waals surface area contributed by atoms with Crippen LogP contribution in [0, 0.1) is 0 Å². The van der Waals surface area contributed by atoms with Crippen LogP contribution in [0.25, 0.3) is 0 Å². The molecule has 0 aromatic rings. The summed E-state index contributed by atoms with van der Waals surface area (Å²) in [5.41, 5.74) is -0.00513. The third-order valence-corrected chi connectivity index (χ3v) is 2.39. The second-order valence-electron chi connectivity index (χ2n) is 5.08. The smallest absolute Gasteiger partial charge is 0.118 e. The van der Waals surface area contributed by atoms with Gasteiger partial charge in [0.1, 0.15) is 5.72 Å².